The number of ether oxygens (including phenoxy) is 1. The summed E-state index contributed by atoms with van der Waals surface area (Å²) in [7, 11) is 1.71. The summed E-state index contributed by atoms with van der Waals surface area (Å²) in [6, 6.07) is 8.91. The van der Waals surface area contributed by atoms with Crippen LogP contribution in [0.25, 0.3) is 0 Å². The van der Waals surface area contributed by atoms with Gasteiger partial charge < -0.3 is 10.1 Å². The van der Waals surface area contributed by atoms with E-state index in [4.69, 9.17) is 4.74 Å². The van der Waals surface area contributed by atoms with Gasteiger partial charge in [0.1, 0.15) is 5.75 Å². The van der Waals surface area contributed by atoms with Gasteiger partial charge in [0, 0.05) is 31.2 Å². The smallest absolute Gasteiger partial charge is 0.118 e. The molecule has 106 valence electrons. The van der Waals surface area contributed by atoms with E-state index in [9.17, 15) is 0 Å². The van der Waals surface area contributed by atoms with Gasteiger partial charge >= 0.3 is 0 Å². The lowest BCUT2D eigenvalue weighted by atomic mass is 9.94. The highest BCUT2D eigenvalue weighted by Gasteiger charge is 2.31. The van der Waals surface area contributed by atoms with Crippen molar-refractivity contribution in [1.29, 1.82) is 0 Å². The lowest BCUT2D eigenvalue weighted by Crippen LogP contribution is -2.58. The molecular formula is C16H26N2O. The zero-order valence-corrected chi connectivity index (χ0v) is 12.6. The molecule has 2 unspecified atom stereocenters. The molecule has 1 heterocycles. The Bertz CT molecular complexity index is 404. The largest absolute Gasteiger partial charge is 0.497 e. The van der Waals surface area contributed by atoms with E-state index in [0.717, 1.165) is 25.4 Å². The van der Waals surface area contributed by atoms with Gasteiger partial charge in [-0.05, 0) is 38.0 Å². The van der Waals surface area contributed by atoms with Crippen LogP contribution in [-0.2, 0) is 0 Å². The second-order valence-corrected chi connectivity index (χ2v) is 5.76. The van der Waals surface area contributed by atoms with Crippen LogP contribution in [0.4, 0.5) is 0 Å². The molecule has 1 saturated heterocycles. The summed E-state index contributed by atoms with van der Waals surface area (Å²) < 4.78 is 5.22. The average molecular weight is 262 g/mol. The molecule has 0 amide bonds. The number of hydrogen-bond donors (Lipinski definition) is 1. The lowest BCUT2D eigenvalue weighted by molar-refractivity contribution is 0.105. The maximum absolute atomic E-state index is 5.22. The first kappa shape index (κ1) is 14.4. The molecule has 3 heteroatoms. The Hall–Kier alpha value is -1.06. The van der Waals surface area contributed by atoms with Crippen LogP contribution in [0.3, 0.4) is 0 Å². The normalized spacial score (nSPS) is 26.1. The average Bonchev–Trinajstić information content (AvgIpc) is 2.46. The Balaban J connectivity index is 2.07. The van der Waals surface area contributed by atoms with E-state index in [1.807, 2.05) is 12.1 Å². The van der Waals surface area contributed by atoms with E-state index in [2.05, 4.69) is 43.1 Å². The number of rotatable bonds is 4. The van der Waals surface area contributed by atoms with Crippen LogP contribution in [0.5, 0.6) is 5.75 Å². The third-order valence-electron chi connectivity index (χ3n) is 4.43. The minimum Gasteiger partial charge on any atom is -0.497 e. The fourth-order valence-corrected chi connectivity index (χ4v) is 2.75. The second kappa shape index (κ2) is 5.93. The summed E-state index contributed by atoms with van der Waals surface area (Å²) in [6.07, 6.45) is 1.17. The molecule has 1 aromatic carbocycles. The lowest BCUT2D eigenvalue weighted by Gasteiger charge is -2.43. The Labute approximate surface area is 116 Å². The molecular weight excluding hydrogens is 236 g/mol. The molecule has 1 N–H and O–H groups in total. The second-order valence-electron chi connectivity index (χ2n) is 5.76. The van der Waals surface area contributed by atoms with Crippen LogP contribution in [0.1, 0.15) is 38.8 Å². The van der Waals surface area contributed by atoms with Crippen LogP contribution in [0.2, 0.25) is 0 Å². The number of nitrogens with one attached hydrogen (secondary N) is 1. The molecule has 1 aliphatic rings. The van der Waals surface area contributed by atoms with E-state index in [1.165, 1.54) is 12.0 Å². The van der Waals surface area contributed by atoms with Crippen LogP contribution < -0.4 is 10.1 Å². The Morgan fingerprint density at radius 1 is 1.37 bits per heavy atom. The van der Waals surface area contributed by atoms with E-state index in [0.29, 0.717) is 6.04 Å². The summed E-state index contributed by atoms with van der Waals surface area (Å²) in [6.45, 7) is 10.2. The number of benzene rings is 1. The van der Waals surface area contributed by atoms with Gasteiger partial charge in [-0.25, -0.2) is 0 Å². The molecule has 2 rings (SSSR count). The monoisotopic (exact) mass is 262 g/mol. The predicted molar refractivity (Wildman–Crippen MR) is 79.7 cm³/mol. The maximum Gasteiger partial charge on any atom is 0.118 e. The van der Waals surface area contributed by atoms with Crippen LogP contribution in [0, 0.1) is 0 Å². The van der Waals surface area contributed by atoms with Gasteiger partial charge in [0.15, 0.2) is 0 Å². The van der Waals surface area contributed by atoms with E-state index in [1.54, 1.807) is 7.11 Å². The molecule has 1 aliphatic heterocycles. The zero-order chi connectivity index (χ0) is 13.9. The quantitative estimate of drug-likeness (QED) is 0.903. The molecule has 0 aliphatic carbocycles. The highest BCUT2D eigenvalue weighted by atomic mass is 16.5. The van der Waals surface area contributed by atoms with Crippen molar-refractivity contribution in [3.63, 3.8) is 0 Å². The van der Waals surface area contributed by atoms with Crippen molar-refractivity contribution in [3.05, 3.63) is 29.8 Å². The molecule has 0 bridgehead atoms. The van der Waals surface area contributed by atoms with Crippen LogP contribution in [-0.4, -0.2) is 37.2 Å². The highest BCUT2D eigenvalue weighted by Crippen LogP contribution is 2.26. The van der Waals surface area contributed by atoms with E-state index < -0.39 is 0 Å². The van der Waals surface area contributed by atoms with Crippen molar-refractivity contribution in [2.45, 2.75) is 38.8 Å². The Morgan fingerprint density at radius 3 is 2.63 bits per heavy atom. The van der Waals surface area contributed by atoms with Gasteiger partial charge in [0.2, 0.25) is 0 Å². The van der Waals surface area contributed by atoms with Gasteiger partial charge in [-0.2, -0.15) is 0 Å². The summed E-state index contributed by atoms with van der Waals surface area (Å²) in [5.41, 5.74) is 1.61. The van der Waals surface area contributed by atoms with Crippen molar-refractivity contribution < 1.29 is 4.74 Å². The summed E-state index contributed by atoms with van der Waals surface area (Å²) >= 11 is 0. The van der Waals surface area contributed by atoms with Gasteiger partial charge in [-0.15, -0.1) is 0 Å². The topological polar surface area (TPSA) is 24.5 Å². The highest BCUT2D eigenvalue weighted by molar-refractivity contribution is 5.29. The van der Waals surface area contributed by atoms with Gasteiger partial charge in [0.05, 0.1) is 7.11 Å². The van der Waals surface area contributed by atoms with Gasteiger partial charge in [-0.1, -0.05) is 19.1 Å². The maximum atomic E-state index is 5.22. The molecule has 19 heavy (non-hydrogen) atoms. The fourth-order valence-electron chi connectivity index (χ4n) is 2.75. The Morgan fingerprint density at radius 2 is 2.05 bits per heavy atom. The summed E-state index contributed by atoms with van der Waals surface area (Å²) in [5, 5.41) is 3.64. The molecule has 2 atom stereocenters. The van der Waals surface area contributed by atoms with Crippen molar-refractivity contribution in [2.75, 3.05) is 26.7 Å². The molecule has 0 aromatic heterocycles. The first-order chi connectivity index (χ1) is 9.08. The minimum absolute atomic E-state index is 0.249. The van der Waals surface area contributed by atoms with Gasteiger partial charge in [-0.3, -0.25) is 4.90 Å². The standard InChI is InChI=1S/C16H26N2O/c1-5-16(3)12-18(11-10-17-16)13(2)14-6-8-15(19-4)9-7-14/h6-9,13,17H,5,10-12H2,1-4H3. The molecule has 1 aromatic rings. The Kier molecular flexibility index (Phi) is 4.48. The molecule has 0 spiro atoms. The van der Waals surface area contributed by atoms with Crippen molar-refractivity contribution in [3.8, 4) is 5.75 Å². The molecule has 1 fully saturated rings. The van der Waals surface area contributed by atoms with E-state index in [-0.39, 0.29) is 5.54 Å². The molecule has 0 radical (unpaired) electrons. The summed E-state index contributed by atoms with van der Waals surface area (Å²) in [4.78, 5) is 2.57. The summed E-state index contributed by atoms with van der Waals surface area (Å²) in [5.74, 6) is 0.926. The predicted octanol–water partition coefficient (Wildman–Crippen LogP) is 2.83. The number of piperazine rings is 1. The fraction of sp³-hybridized carbons (Fsp3) is 0.625. The van der Waals surface area contributed by atoms with Crippen molar-refractivity contribution in [1.82, 2.24) is 10.2 Å². The molecule has 0 saturated carbocycles. The van der Waals surface area contributed by atoms with E-state index >= 15 is 0 Å². The third kappa shape index (κ3) is 3.28. The molecule has 3 nitrogen and oxygen atoms in total. The minimum atomic E-state index is 0.249. The van der Waals surface area contributed by atoms with Crippen LogP contribution in [0.15, 0.2) is 24.3 Å². The van der Waals surface area contributed by atoms with Crippen LogP contribution >= 0.6 is 0 Å². The third-order valence-corrected chi connectivity index (χ3v) is 4.43. The zero-order valence-electron chi connectivity index (χ0n) is 12.6. The SMILES string of the molecule is CCC1(C)CN(C(C)c2ccc(OC)cc2)CCN1. The van der Waals surface area contributed by atoms with Crippen molar-refractivity contribution in [2.24, 2.45) is 0 Å². The first-order valence-electron chi connectivity index (χ1n) is 7.21. The number of methoxy groups -OCH3 is 1. The van der Waals surface area contributed by atoms with Crippen molar-refractivity contribution >= 4 is 0 Å². The van der Waals surface area contributed by atoms with Gasteiger partial charge in [0.25, 0.3) is 0 Å². The number of nitrogens with zero attached hydrogens (tertiary/aromatic N) is 1. The number of hydrogen-bond acceptors (Lipinski definition) is 3. The first-order valence-corrected chi connectivity index (χ1v) is 7.21.